The number of sulfonamides is 1. The van der Waals surface area contributed by atoms with Gasteiger partial charge in [-0.3, -0.25) is 9.69 Å². The number of nitrogens with zero attached hydrogens (tertiary/aromatic N) is 2. The van der Waals surface area contributed by atoms with Crippen LogP contribution in [0.15, 0.2) is 59.5 Å². The van der Waals surface area contributed by atoms with Gasteiger partial charge in [0.15, 0.2) is 0 Å². The van der Waals surface area contributed by atoms with E-state index in [-0.39, 0.29) is 16.8 Å². The van der Waals surface area contributed by atoms with E-state index >= 15 is 0 Å². The molecule has 2 aromatic carbocycles. The minimum Gasteiger partial charge on any atom is -0.348 e. The van der Waals surface area contributed by atoms with Crippen molar-refractivity contribution in [1.82, 2.24) is 19.8 Å². The lowest BCUT2D eigenvalue weighted by Crippen LogP contribution is -2.45. The molecule has 1 saturated carbocycles. The molecule has 34 heavy (non-hydrogen) atoms. The Balaban J connectivity index is 1.28. The molecule has 0 unspecified atom stereocenters. The Labute approximate surface area is 202 Å². The van der Waals surface area contributed by atoms with Crippen LogP contribution in [0.2, 0.25) is 0 Å². The lowest BCUT2D eigenvalue weighted by Gasteiger charge is -2.34. The molecule has 2 aliphatic rings. The fraction of sp³-hybridized carbons (Fsp3) is 0.423. The van der Waals surface area contributed by atoms with Gasteiger partial charge in [0.05, 0.1) is 4.90 Å². The molecule has 0 atom stereocenters. The van der Waals surface area contributed by atoms with E-state index < -0.39 is 10.0 Å². The third-order valence-corrected chi connectivity index (χ3v) is 7.93. The molecule has 1 saturated heterocycles. The number of piperazine rings is 1. The van der Waals surface area contributed by atoms with Gasteiger partial charge in [0.1, 0.15) is 0 Å². The van der Waals surface area contributed by atoms with E-state index in [9.17, 15) is 13.2 Å². The Morgan fingerprint density at radius 3 is 2.26 bits per heavy atom. The number of rotatable bonds is 10. The fourth-order valence-corrected chi connectivity index (χ4v) is 5.35. The minimum absolute atomic E-state index is 0.0738. The van der Waals surface area contributed by atoms with Crippen molar-refractivity contribution >= 4 is 22.0 Å². The number of hydrogen-bond acceptors (Lipinski definition) is 5. The van der Waals surface area contributed by atoms with Gasteiger partial charge in [-0.15, -0.1) is 0 Å². The van der Waals surface area contributed by atoms with Gasteiger partial charge in [0, 0.05) is 51.4 Å². The van der Waals surface area contributed by atoms with Gasteiger partial charge in [0.25, 0.3) is 0 Å². The van der Waals surface area contributed by atoms with E-state index in [0.29, 0.717) is 6.54 Å². The normalized spacial score (nSPS) is 17.8. The zero-order chi connectivity index (χ0) is 24.0. The minimum atomic E-state index is -3.46. The zero-order valence-corrected chi connectivity index (χ0v) is 20.6. The molecule has 2 N–H and O–H groups in total. The number of amides is 1. The van der Waals surface area contributed by atoms with E-state index in [4.69, 9.17) is 0 Å². The SMILES string of the molecule is CCN1CCN(Cc2ccccc2CNC(=O)C=Cc2ccc(S(=O)(=O)NC3CC3)cc2)CC1. The lowest BCUT2D eigenvalue weighted by atomic mass is 10.1. The highest BCUT2D eigenvalue weighted by Crippen LogP contribution is 2.22. The molecule has 0 aromatic heterocycles. The molecular weight excluding hydrogens is 448 g/mol. The summed E-state index contributed by atoms with van der Waals surface area (Å²) >= 11 is 0. The highest BCUT2D eigenvalue weighted by Gasteiger charge is 2.27. The van der Waals surface area contributed by atoms with Crippen molar-refractivity contribution in [1.29, 1.82) is 0 Å². The summed E-state index contributed by atoms with van der Waals surface area (Å²) in [4.78, 5) is 17.6. The monoisotopic (exact) mass is 482 g/mol. The van der Waals surface area contributed by atoms with Crippen molar-refractivity contribution in [3.8, 4) is 0 Å². The van der Waals surface area contributed by atoms with Gasteiger partial charge in [-0.05, 0) is 54.3 Å². The van der Waals surface area contributed by atoms with Crippen LogP contribution in [0.25, 0.3) is 6.08 Å². The first kappa shape index (κ1) is 24.6. The van der Waals surface area contributed by atoms with Crippen molar-refractivity contribution in [2.24, 2.45) is 0 Å². The molecule has 7 nitrogen and oxygen atoms in total. The maximum Gasteiger partial charge on any atom is 0.244 e. The first-order valence-electron chi connectivity index (χ1n) is 12.0. The van der Waals surface area contributed by atoms with Gasteiger partial charge in [-0.2, -0.15) is 0 Å². The zero-order valence-electron chi connectivity index (χ0n) is 19.7. The molecule has 4 rings (SSSR count). The Morgan fingerprint density at radius 1 is 0.971 bits per heavy atom. The molecule has 0 bridgehead atoms. The van der Waals surface area contributed by atoms with Gasteiger partial charge < -0.3 is 10.2 Å². The number of hydrogen-bond donors (Lipinski definition) is 2. The standard InChI is InChI=1S/C26H34N4O3S/c1-2-29-15-17-30(18-16-29)20-23-6-4-3-5-22(23)19-27-26(31)14-9-21-7-12-25(13-8-21)34(32,33)28-24-10-11-24/h3-9,12-14,24,28H,2,10-11,15-20H2,1H3,(H,27,31). The van der Waals surface area contributed by atoms with Crippen molar-refractivity contribution in [2.75, 3.05) is 32.7 Å². The quantitative estimate of drug-likeness (QED) is 0.509. The summed E-state index contributed by atoms with van der Waals surface area (Å²) in [5.74, 6) is -0.182. The first-order chi connectivity index (χ1) is 16.4. The molecule has 1 heterocycles. The summed E-state index contributed by atoms with van der Waals surface area (Å²) in [6, 6.07) is 14.9. The Bertz CT molecular complexity index is 1100. The van der Waals surface area contributed by atoms with Crippen molar-refractivity contribution in [3.63, 3.8) is 0 Å². The van der Waals surface area contributed by atoms with Gasteiger partial charge in [0.2, 0.25) is 15.9 Å². The van der Waals surface area contributed by atoms with Crippen LogP contribution in [0.5, 0.6) is 0 Å². The van der Waals surface area contributed by atoms with E-state index in [1.165, 1.54) is 11.6 Å². The van der Waals surface area contributed by atoms with E-state index in [0.717, 1.165) is 63.2 Å². The second-order valence-electron chi connectivity index (χ2n) is 8.99. The van der Waals surface area contributed by atoms with Crippen LogP contribution in [0, 0.1) is 0 Å². The molecular formula is C26H34N4O3S. The molecule has 0 radical (unpaired) electrons. The second kappa shape index (κ2) is 11.3. The summed E-state index contributed by atoms with van der Waals surface area (Å²) in [6.07, 6.45) is 4.98. The van der Waals surface area contributed by atoms with Crippen LogP contribution in [-0.2, 0) is 27.9 Å². The van der Waals surface area contributed by atoms with Gasteiger partial charge >= 0.3 is 0 Å². The van der Waals surface area contributed by atoms with E-state index in [2.05, 4.69) is 38.9 Å². The molecule has 182 valence electrons. The van der Waals surface area contributed by atoms with Crippen LogP contribution in [0.4, 0.5) is 0 Å². The molecule has 0 spiro atoms. The average Bonchev–Trinajstić information content (AvgIpc) is 3.66. The number of carbonyl (C=O) groups excluding carboxylic acids is 1. The van der Waals surface area contributed by atoms with E-state index in [1.807, 2.05) is 12.1 Å². The summed E-state index contributed by atoms with van der Waals surface area (Å²) in [7, 11) is -3.46. The smallest absolute Gasteiger partial charge is 0.244 e. The number of likely N-dealkylation sites (N-methyl/N-ethyl adjacent to an activating group) is 1. The predicted octanol–water partition coefficient (Wildman–Crippen LogP) is 2.59. The molecule has 1 amide bonds. The molecule has 1 aliphatic heterocycles. The van der Waals surface area contributed by atoms with E-state index in [1.54, 1.807) is 30.3 Å². The van der Waals surface area contributed by atoms with Gasteiger partial charge in [-0.25, -0.2) is 13.1 Å². The maximum atomic E-state index is 12.4. The topological polar surface area (TPSA) is 81.8 Å². The summed E-state index contributed by atoms with van der Waals surface area (Å²) < 4.78 is 27.2. The van der Waals surface area contributed by atoms with Crippen LogP contribution >= 0.6 is 0 Å². The molecule has 8 heteroatoms. The number of nitrogens with one attached hydrogen (secondary N) is 2. The second-order valence-corrected chi connectivity index (χ2v) is 10.7. The summed E-state index contributed by atoms with van der Waals surface area (Å²) in [5.41, 5.74) is 3.14. The van der Waals surface area contributed by atoms with Crippen LogP contribution < -0.4 is 10.0 Å². The largest absolute Gasteiger partial charge is 0.348 e. The van der Waals surface area contributed by atoms with Crippen LogP contribution in [-0.4, -0.2) is 62.9 Å². The summed E-state index contributed by atoms with van der Waals surface area (Å²) in [6.45, 7) is 9.00. The van der Waals surface area contributed by atoms with Crippen molar-refractivity contribution in [2.45, 2.75) is 43.8 Å². The van der Waals surface area contributed by atoms with Gasteiger partial charge in [-0.1, -0.05) is 43.3 Å². The Morgan fingerprint density at radius 2 is 1.62 bits per heavy atom. The Kier molecular flexibility index (Phi) is 8.15. The number of benzene rings is 2. The highest BCUT2D eigenvalue weighted by molar-refractivity contribution is 7.89. The molecule has 2 fully saturated rings. The predicted molar refractivity (Wildman–Crippen MR) is 134 cm³/mol. The average molecular weight is 483 g/mol. The van der Waals surface area contributed by atoms with Crippen molar-refractivity contribution in [3.05, 3.63) is 71.3 Å². The lowest BCUT2D eigenvalue weighted by molar-refractivity contribution is -0.116. The molecule has 1 aliphatic carbocycles. The molecule has 2 aromatic rings. The Hall–Kier alpha value is -2.52. The first-order valence-corrected chi connectivity index (χ1v) is 13.5. The maximum absolute atomic E-state index is 12.4. The van der Waals surface area contributed by atoms with Crippen molar-refractivity contribution < 1.29 is 13.2 Å². The fourth-order valence-electron chi connectivity index (χ4n) is 4.05. The third kappa shape index (κ3) is 6.99. The summed E-state index contributed by atoms with van der Waals surface area (Å²) in [5, 5.41) is 2.97. The number of carbonyl (C=O) groups is 1. The van der Waals surface area contributed by atoms with Crippen LogP contribution in [0.3, 0.4) is 0 Å². The van der Waals surface area contributed by atoms with Crippen LogP contribution in [0.1, 0.15) is 36.5 Å². The third-order valence-electron chi connectivity index (χ3n) is 6.39. The highest BCUT2D eigenvalue weighted by atomic mass is 32.2.